The molecule has 0 atom stereocenters. The average Bonchev–Trinajstić information content (AvgIpc) is 3.05. The third-order valence-corrected chi connectivity index (χ3v) is 7.70. The zero-order chi connectivity index (χ0) is 29.8. The number of anilines is 1. The zero-order valence-corrected chi connectivity index (χ0v) is 25.0. The summed E-state index contributed by atoms with van der Waals surface area (Å²) in [5.41, 5.74) is 6.41. The molecule has 0 radical (unpaired) electrons. The molecule has 5 aromatic rings. The fourth-order valence-electron chi connectivity index (χ4n) is 5.52. The second-order valence-corrected chi connectivity index (χ2v) is 10.3. The van der Waals surface area contributed by atoms with E-state index in [9.17, 15) is 4.79 Å². The number of aromatic nitrogens is 1. The number of nitrogens with zero attached hydrogens (tertiary/aromatic N) is 3. The first kappa shape index (κ1) is 30.1. The van der Waals surface area contributed by atoms with Crippen LogP contribution in [0.5, 0.6) is 0 Å². The Morgan fingerprint density at radius 2 is 0.929 bits per heavy atom. The van der Waals surface area contributed by atoms with Gasteiger partial charge in [0, 0.05) is 49.7 Å². The van der Waals surface area contributed by atoms with Crippen molar-refractivity contribution in [2.75, 3.05) is 32.1 Å². The molecule has 6 heteroatoms. The number of rotatable bonds is 8. The van der Waals surface area contributed by atoms with Crippen LogP contribution in [0, 0.1) is 0 Å². The Bertz CT molecular complexity index is 1330. The molecule has 5 nitrogen and oxygen atoms in total. The van der Waals surface area contributed by atoms with Crippen molar-refractivity contribution >= 4 is 39.8 Å². The molecule has 1 aromatic heterocycles. The summed E-state index contributed by atoms with van der Waals surface area (Å²) in [5, 5.41) is 0. The Kier molecular flexibility index (Phi) is 10.5. The van der Waals surface area contributed by atoms with Gasteiger partial charge in [-0.15, -0.1) is 0 Å². The van der Waals surface area contributed by atoms with Crippen LogP contribution >= 0.6 is 0 Å². The predicted molar refractivity (Wildman–Crippen MR) is 176 cm³/mol. The van der Waals surface area contributed by atoms with Gasteiger partial charge in [-0.2, -0.15) is 26.7 Å². The molecular formula is C36H40BN3O2. The van der Waals surface area contributed by atoms with Gasteiger partial charge in [0.05, 0.1) is 0 Å². The summed E-state index contributed by atoms with van der Waals surface area (Å²) in [5.74, 6) is 0. The van der Waals surface area contributed by atoms with Crippen LogP contribution in [0.4, 0.5) is 10.5 Å². The molecule has 0 aliphatic carbocycles. The van der Waals surface area contributed by atoms with Gasteiger partial charge in [0.15, 0.2) is 0 Å². The van der Waals surface area contributed by atoms with Crippen molar-refractivity contribution in [1.29, 1.82) is 0 Å². The van der Waals surface area contributed by atoms with E-state index in [4.69, 9.17) is 4.84 Å². The van der Waals surface area contributed by atoms with Crippen molar-refractivity contribution in [1.82, 2.24) is 4.90 Å². The third-order valence-electron chi connectivity index (χ3n) is 7.70. The maximum Gasteiger partial charge on any atom is 0.478 e. The minimum Gasteiger partial charge on any atom is -0.377 e. The first-order chi connectivity index (χ1) is 20.5. The van der Waals surface area contributed by atoms with Crippen LogP contribution in [0.15, 0.2) is 146 Å². The molecule has 0 saturated carbocycles. The Balaban J connectivity index is 0.000000209. The highest BCUT2D eigenvalue weighted by Crippen LogP contribution is 2.09. The monoisotopic (exact) mass is 557 g/mol. The van der Waals surface area contributed by atoms with E-state index in [0.717, 1.165) is 5.69 Å². The van der Waals surface area contributed by atoms with Gasteiger partial charge < -0.3 is 9.80 Å². The molecule has 4 aromatic carbocycles. The molecule has 0 spiro atoms. The number of amides is 1. The quantitative estimate of drug-likeness (QED) is 0.214. The van der Waals surface area contributed by atoms with Crippen molar-refractivity contribution in [2.45, 2.75) is 13.8 Å². The van der Waals surface area contributed by atoms with E-state index < -0.39 is 6.15 Å². The normalized spacial score (nSPS) is 10.7. The van der Waals surface area contributed by atoms with E-state index in [1.807, 2.05) is 45.0 Å². The van der Waals surface area contributed by atoms with Gasteiger partial charge >= 0.3 is 6.09 Å². The van der Waals surface area contributed by atoms with Crippen LogP contribution < -0.4 is 36.3 Å². The molecule has 0 aliphatic rings. The highest BCUT2D eigenvalue weighted by Gasteiger charge is 2.31. The number of benzene rings is 4. The van der Waals surface area contributed by atoms with Crippen LogP contribution in [0.3, 0.4) is 0 Å². The fraction of sp³-hybridized carbons (Fsp3) is 0.167. The van der Waals surface area contributed by atoms with Crippen molar-refractivity contribution in [3.8, 4) is 0 Å². The molecule has 0 N–H and O–H groups in total. The molecular weight excluding hydrogens is 517 g/mol. The molecule has 5 rings (SSSR count). The smallest absolute Gasteiger partial charge is 0.377 e. The maximum atomic E-state index is 11.7. The summed E-state index contributed by atoms with van der Waals surface area (Å²) >= 11 is 0. The first-order valence-electron chi connectivity index (χ1n) is 14.5. The lowest BCUT2D eigenvalue weighted by atomic mass is 9.13. The molecule has 0 unspecified atom stereocenters. The third kappa shape index (κ3) is 6.89. The second kappa shape index (κ2) is 14.7. The molecule has 0 fully saturated rings. The van der Waals surface area contributed by atoms with E-state index >= 15 is 0 Å². The summed E-state index contributed by atoms with van der Waals surface area (Å²) in [6, 6.07) is 47.3. The molecule has 0 aliphatic heterocycles. The van der Waals surface area contributed by atoms with Gasteiger partial charge in [0.2, 0.25) is 12.4 Å². The highest BCUT2D eigenvalue weighted by molar-refractivity contribution is 7.19. The number of hydrogen-bond acceptors (Lipinski definition) is 3. The predicted octanol–water partition coefficient (Wildman–Crippen LogP) is 3.99. The summed E-state index contributed by atoms with van der Waals surface area (Å²) < 4.78 is 1.41. The standard InChI is InChI=1S/C24H20B.C12H20N3O2/c1-5-13-21(14-6-1)25(22-15-7-2-8-16-22,23-17-9-3-10-18-23)24-19-11-4-12-20-24;1-5-14(6-2)12(16)17-15-9-7-11(8-10-15)13(3)4/h1-20H;7-10H,5-6H2,1-4H3/q-1;+1. The fourth-order valence-corrected chi connectivity index (χ4v) is 5.52. The van der Waals surface area contributed by atoms with E-state index in [1.54, 1.807) is 17.3 Å². The minimum atomic E-state index is -1.22. The summed E-state index contributed by atoms with van der Waals surface area (Å²) in [7, 11) is 3.92. The molecule has 1 amide bonds. The van der Waals surface area contributed by atoms with Gasteiger partial charge in [0.25, 0.3) is 0 Å². The first-order valence-corrected chi connectivity index (χ1v) is 14.5. The van der Waals surface area contributed by atoms with E-state index in [2.05, 4.69) is 121 Å². The largest absolute Gasteiger partial charge is 0.478 e. The number of carbonyl (C=O) groups is 1. The van der Waals surface area contributed by atoms with Gasteiger partial charge in [0.1, 0.15) is 6.15 Å². The second-order valence-electron chi connectivity index (χ2n) is 10.3. The Morgan fingerprint density at radius 1 is 0.595 bits per heavy atom. The lowest BCUT2D eigenvalue weighted by molar-refractivity contribution is -0.869. The molecule has 214 valence electrons. The average molecular weight is 558 g/mol. The summed E-state index contributed by atoms with van der Waals surface area (Å²) in [6.45, 7) is 5.13. The minimum absolute atomic E-state index is 0.336. The van der Waals surface area contributed by atoms with Crippen LogP contribution in [0.25, 0.3) is 0 Å². The van der Waals surface area contributed by atoms with Gasteiger partial charge in [-0.05, 0) is 13.8 Å². The number of pyridine rings is 1. The van der Waals surface area contributed by atoms with E-state index in [0.29, 0.717) is 13.1 Å². The topological polar surface area (TPSA) is 36.7 Å². The maximum absolute atomic E-state index is 11.7. The van der Waals surface area contributed by atoms with E-state index in [1.165, 1.54) is 26.6 Å². The molecule has 0 saturated heterocycles. The highest BCUT2D eigenvalue weighted by atomic mass is 16.7. The molecule has 0 bridgehead atoms. The Morgan fingerprint density at radius 3 is 1.21 bits per heavy atom. The van der Waals surface area contributed by atoms with E-state index in [-0.39, 0.29) is 6.09 Å². The molecule has 42 heavy (non-hydrogen) atoms. The van der Waals surface area contributed by atoms with Crippen molar-refractivity contribution in [2.24, 2.45) is 0 Å². The van der Waals surface area contributed by atoms with Crippen LogP contribution in [0.2, 0.25) is 0 Å². The number of carbonyl (C=O) groups excluding carboxylic acids is 1. The number of hydrogen-bond donors (Lipinski definition) is 0. The Labute approximate surface area is 250 Å². The van der Waals surface area contributed by atoms with Crippen molar-refractivity contribution in [3.63, 3.8) is 0 Å². The zero-order valence-electron chi connectivity index (χ0n) is 25.0. The van der Waals surface area contributed by atoms with Crippen molar-refractivity contribution in [3.05, 3.63) is 146 Å². The summed E-state index contributed by atoms with van der Waals surface area (Å²) in [4.78, 5) is 20.4. The van der Waals surface area contributed by atoms with Crippen LogP contribution in [-0.2, 0) is 0 Å². The van der Waals surface area contributed by atoms with Gasteiger partial charge in [-0.3, -0.25) is 0 Å². The molecule has 1 heterocycles. The summed E-state index contributed by atoms with van der Waals surface area (Å²) in [6.07, 6.45) is 1.89. The van der Waals surface area contributed by atoms with Crippen LogP contribution in [-0.4, -0.2) is 44.3 Å². The lowest BCUT2D eigenvalue weighted by Crippen LogP contribution is -2.74. The van der Waals surface area contributed by atoms with Crippen LogP contribution in [0.1, 0.15) is 13.8 Å². The van der Waals surface area contributed by atoms with Gasteiger partial charge in [-0.1, -0.05) is 121 Å². The van der Waals surface area contributed by atoms with Crippen molar-refractivity contribution < 1.29 is 14.4 Å². The Hall–Kier alpha value is -4.84. The van der Waals surface area contributed by atoms with Gasteiger partial charge in [-0.25, -0.2) is 4.79 Å². The SMILES string of the molecule is CCN(CC)C(=O)O[n+]1ccc(N(C)C)cc1.c1ccc([B-](c2ccccc2)(c2ccccc2)c2ccccc2)cc1. The lowest BCUT2D eigenvalue weighted by Gasteiger charge is -2.44.